The molecule has 34 heavy (non-hydrogen) atoms. The number of aromatic nitrogens is 3. The maximum Gasteiger partial charge on any atom is 0.341 e. The van der Waals surface area contributed by atoms with Crippen molar-refractivity contribution in [1.82, 2.24) is 14.3 Å². The molecule has 0 aliphatic carbocycles. The zero-order valence-electron chi connectivity index (χ0n) is 18.5. The van der Waals surface area contributed by atoms with Crippen LogP contribution in [0.4, 0.5) is 8.78 Å². The van der Waals surface area contributed by atoms with Crippen molar-refractivity contribution in [3.63, 3.8) is 0 Å². The average Bonchev–Trinajstić information content (AvgIpc) is 3.17. The van der Waals surface area contributed by atoms with Crippen LogP contribution < -0.4 is 5.43 Å². The molecule has 4 aromatic rings. The van der Waals surface area contributed by atoms with Crippen LogP contribution in [0.3, 0.4) is 0 Å². The normalized spacial score (nSPS) is 14.7. The number of rotatable bonds is 4. The number of nitrogens with zero attached hydrogens (tertiary/aromatic N) is 3. The Morgan fingerprint density at radius 3 is 2.32 bits per heavy atom. The van der Waals surface area contributed by atoms with Gasteiger partial charge in [0.2, 0.25) is 0 Å². The van der Waals surface area contributed by atoms with Gasteiger partial charge < -0.3 is 9.67 Å². The SMILES string of the molecule is CC(C)[C@@H]1Cn2nc(-c3cccc(F)c3)c(-c3cccc(F)c3)c2-c2cc(=O)c(C(=O)O)cn21. The first-order valence-electron chi connectivity index (χ1n) is 10.9. The lowest BCUT2D eigenvalue weighted by atomic mass is 9.94. The number of halogens is 2. The van der Waals surface area contributed by atoms with Gasteiger partial charge in [-0.1, -0.05) is 38.1 Å². The van der Waals surface area contributed by atoms with Gasteiger partial charge >= 0.3 is 5.97 Å². The first kappa shape index (κ1) is 21.8. The maximum absolute atomic E-state index is 14.3. The van der Waals surface area contributed by atoms with Crippen LogP contribution in [0.5, 0.6) is 0 Å². The topological polar surface area (TPSA) is 77.1 Å². The molecule has 0 bridgehead atoms. The Morgan fingerprint density at radius 2 is 1.71 bits per heavy atom. The minimum atomic E-state index is -1.30. The molecule has 1 aliphatic heterocycles. The highest BCUT2D eigenvalue weighted by Gasteiger charge is 2.33. The lowest BCUT2D eigenvalue weighted by molar-refractivity contribution is 0.0694. The van der Waals surface area contributed by atoms with Crippen LogP contribution in [0.15, 0.2) is 65.6 Å². The molecule has 0 amide bonds. The van der Waals surface area contributed by atoms with E-state index in [-0.39, 0.29) is 17.5 Å². The fraction of sp³-hybridized carbons (Fsp3) is 0.192. The van der Waals surface area contributed by atoms with Crippen molar-refractivity contribution in [2.75, 3.05) is 0 Å². The Morgan fingerprint density at radius 1 is 1.06 bits per heavy atom. The van der Waals surface area contributed by atoms with E-state index in [1.165, 1.54) is 36.5 Å². The standard InChI is InChI=1S/C26H21F2N3O3/c1-14(2)21-13-31-25(20-11-22(32)19(26(33)34)12-30(20)21)23(15-5-3-7-17(27)9-15)24(29-31)16-6-4-8-18(28)10-16/h3-12,14,21H,13H2,1-2H3,(H,33,34)/t21-/m0/s1. The number of carbonyl (C=O) groups is 1. The molecule has 2 aromatic heterocycles. The van der Waals surface area contributed by atoms with Crippen molar-refractivity contribution < 1.29 is 18.7 Å². The number of fused-ring (bicyclic) bond motifs is 3. The summed E-state index contributed by atoms with van der Waals surface area (Å²) in [4.78, 5) is 24.4. The van der Waals surface area contributed by atoms with Crippen molar-refractivity contribution in [3.8, 4) is 33.8 Å². The van der Waals surface area contributed by atoms with Gasteiger partial charge in [-0.3, -0.25) is 9.48 Å². The molecule has 2 aromatic carbocycles. The molecular formula is C26H21F2N3O3. The fourth-order valence-corrected chi connectivity index (χ4v) is 4.58. The first-order chi connectivity index (χ1) is 16.2. The van der Waals surface area contributed by atoms with Gasteiger partial charge in [0.05, 0.1) is 24.0 Å². The van der Waals surface area contributed by atoms with Crippen molar-refractivity contribution in [2.24, 2.45) is 5.92 Å². The summed E-state index contributed by atoms with van der Waals surface area (Å²) in [6.45, 7) is 4.41. The molecule has 1 aliphatic rings. The summed E-state index contributed by atoms with van der Waals surface area (Å²) in [5, 5.41) is 14.3. The Kier molecular flexibility index (Phi) is 5.16. The Hall–Kier alpha value is -4.07. The van der Waals surface area contributed by atoms with E-state index in [4.69, 9.17) is 5.10 Å². The predicted molar refractivity (Wildman–Crippen MR) is 124 cm³/mol. The van der Waals surface area contributed by atoms with Crippen molar-refractivity contribution >= 4 is 5.97 Å². The minimum absolute atomic E-state index is 0.0930. The van der Waals surface area contributed by atoms with E-state index in [0.29, 0.717) is 40.3 Å². The highest BCUT2D eigenvalue weighted by Crippen LogP contribution is 2.44. The third-order valence-electron chi connectivity index (χ3n) is 6.20. The summed E-state index contributed by atoms with van der Waals surface area (Å²) < 4.78 is 31.9. The molecule has 0 unspecified atom stereocenters. The molecule has 0 saturated carbocycles. The van der Waals surface area contributed by atoms with Gasteiger partial charge in [-0.05, 0) is 35.7 Å². The first-order valence-corrected chi connectivity index (χ1v) is 10.9. The smallest absolute Gasteiger partial charge is 0.341 e. The van der Waals surface area contributed by atoms with Crippen LogP contribution in [0.1, 0.15) is 30.2 Å². The van der Waals surface area contributed by atoms with E-state index >= 15 is 0 Å². The molecule has 0 fully saturated rings. The Bertz CT molecular complexity index is 1500. The molecule has 3 heterocycles. The van der Waals surface area contributed by atoms with Crippen LogP contribution in [0, 0.1) is 17.6 Å². The van der Waals surface area contributed by atoms with Gasteiger partial charge in [0.15, 0.2) is 5.43 Å². The number of benzene rings is 2. The van der Waals surface area contributed by atoms with E-state index in [1.54, 1.807) is 33.5 Å². The number of hydrogen-bond donors (Lipinski definition) is 1. The van der Waals surface area contributed by atoms with Crippen LogP contribution in [-0.2, 0) is 6.54 Å². The lowest BCUT2D eigenvalue weighted by Gasteiger charge is -2.32. The number of carboxylic acids is 1. The van der Waals surface area contributed by atoms with Crippen LogP contribution in [0.2, 0.25) is 0 Å². The Labute approximate surface area is 193 Å². The van der Waals surface area contributed by atoms with E-state index < -0.39 is 23.0 Å². The third-order valence-corrected chi connectivity index (χ3v) is 6.20. The van der Waals surface area contributed by atoms with Gasteiger partial charge in [0, 0.05) is 23.4 Å². The number of hydrogen-bond acceptors (Lipinski definition) is 3. The van der Waals surface area contributed by atoms with Crippen molar-refractivity contribution in [2.45, 2.75) is 26.4 Å². The number of carboxylic acid groups (broad SMARTS) is 1. The average molecular weight is 461 g/mol. The Balaban J connectivity index is 1.88. The second-order valence-corrected chi connectivity index (χ2v) is 8.74. The summed E-state index contributed by atoms with van der Waals surface area (Å²) >= 11 is 0. The highest BCUT2D eigenvalue weighted by molar-refractivity contribution is 5.92. The second-order valence-electron chi connectivity index (χ2n) is 8.74. The monoisotopic (exact) mass is 461 g/mol. The molecule has 1 N–H and O–H groups in total. The van der Waals surface area contributed by atoms with E-state index in [1.807, 2.05) is 13.8 Å². The van der Waals surface area contributed by atoms with Crippen molar-refractivity contribution in [3.05, 3.63) is 88.2 Å². The summed E-state index contributed by atoms with van der Waals surface area (Å²) in [5.74, 6) is -2.09. The van der Waals surface area contributed by atoms with Gasteiger partial charge in [0.1, 0.15) is 22.9 Å². The van der Waals surface area contributed by atoms with Crippen molar-refractivity contribution in [1.29, 1.82) is 0 Å². The van der Waals surface area contributed by atoms with Gasteiger partial charge in [-0.2, -0.15) is 5.10 Å². The van der Waals surface area contributed by atoms with Gasteiger partial charge in [0.25, 0.3) is 0 Å². The lowest BCUT2D eigenvalue weighted by Crippen LogP contribution is -2.31. The molecule has 6 nitrogen and oxygen atoms in total. The number of pyridine rings is 1. The minimum Gasteiger partial charge on any atom is -0.477 e. The molecule has 0 radical (unpaired) electrons. The van der Waals surface area contributed by atoms with Crippen LogP contribution >= 0.6 is 0 Å². The summed E-state index contributed by atoms with van der Waals surface area (Å²) in [6.07, 6.45) is 1.37. The zero-order chi connectivity index (χ0) is 24.1. The molecule has 172 valence electrons. The zero-order valence-corrected chi connectivity index (χ0v) is 18.5. The number of aromatic carboxylic acids is 1. The van der Waals surface area contributed by atoms with Crippen LogP contribution in [0.25, 0.3) is 33.8 Å². The molecule has 1 atom stereocenters. The largest absolute Gasteiger partial charge is 0.477 e. The predicted octanol–water partition coefficient (Wildman–Crippen LogP) is 5.23. The fourth-order valence-electron chi connectivity index (χ4n) is 4.58. The van der Waals surface area contributed by atoms with E-state index in [0.717, 1.165) is 0 Å². The summed E-state index contributed by atoms with van der Waals surface area (Å²) in [7, 11) is 0. The van der Waals surface area contributed by atoms with Gasteiger partial charge in [-0.15, -0.1) is 0 Å². The molecular weight excluding hydrogens is 440 g/mol. The summed E-state index contributed by atoms with van der Waals surface area (Å²) in [5.41, 5.74) is 2.11. The summed E-state index contributed by atoms with van der Waals surface area (Å²) in [6, 6.07) is 13.1. The second kappa shape index (κ2) is 8.06. The van der Waals surface area contributed by atoms with E-state index in [2.05, 4.69) is 0 Å². The van der Waals surface area contributed by atoms with E-state index in [9.17, 15) is 23.5 Å². The maximum atomic E-state index is 14.3. The molecule has 5 rings (SSSR count). The quantitative estimate of drug-likeness (QED) is 0.451. The third kappa shape index (κ3) is 3.51. The van der Waals surface area contributed by atoms with Crippen LogP contribution in [-0.4, -0.2) is 25.4 Å². The highest BCUT2D eigenvalue weighted by atomic mass is 19.1. The molecule has 0 saturated heterocycles. The van der Waals surface area contributed by atoms with Gasteiger partial charge in [-0.25, -0.2) is 13.6 Å². The molecule has 8 heteroatoms. The molecule has 0 spiro atoms.